The quantitative estimate of drug-likeness (QED) is 0.876. The largest absolute Gasteiger partial charge is 0.474 e. The highest BCUT2D eigenvalue weighted by molar-refractivity contribution is 5.38. The van der Waals surface area contributed by atoms with Gasteiger partial charge in [-0.2, -0.15) is 4.98 Å². The van der Waals surface area contributed by atoms with Crippen molar-refractivity contribution in [3.05, 3.63) is 12.4 Å². The van der Waals surface area contributed by atoms with Gasteiger partial charge in [-0.3, -0.25) is 4.98 Å². The Morgan fingerprint density at radius 3 is 2.94 bits per heavy atom. The Labute approximate surface area is 109 Å². The first-order valence-electron chi connectivity index (χ1n) is 6.59. The third kappa shape index (κ3) is 3.32. The first-order chi connectivity index (χ1) is 8.66. The second kappa shape index (κ2) is 6.00. The monoisotopic (exact) mass is 250 g/mol. The Morgan fingerprint density at radius 2 is 2.28 bits per heavy atom. The van der Waals surface area contributed by atoms with Crippen molar-refractivity contribution in [1.29, 1.82) is 0 Å². The number of hydrogen-bond donors (Lipinski definition) is 1. The summed E-state index contributed by atoms with van der Waals surface area (Å²) in [5.41, 5.74) is 0. The topological polar surface area (TPSA) is 50.3 Å². The van der Waals surface area contributed by atoms with Gasteiger partial charge in [0, 0.05) is 19.6 Å². The molecule has 0 saturated carbocycles. The van der Waals surface area contributed by atoms with Gasteiger partial charge in [-0.05, 0) is 33.2 Å². The van der Waals surface area contributed by atoms with Crippen LogP contribution in [0.2, 0.25) is 0 Å². The number of hydrogen-bond acceptors (Lipinski definition) is 5. The lowest BCUT2D eigenvalue weighted by atomic mass is 10.1. The second-order valence-corrected chi connectivity index (χ2v) is 4.99. The highest BCUT2D eigenvalue weighted by atomic mass is 16.5. The summed E-state index contributed by atoms with van der Waals surface area (Å²) in [6.07, 6.45) is 5.99. The average Bonchev–Trinajstić information content (AvgIpc) is 2.38. The summed E-state index contributed by atoms with van der Waals surface area (Å²) in [6.45, 7) is 6.10. The molecule has 1 aromatic heterocycles. The third-order valence-electron chi connectivity index (χ3n) is 3.14. The molecule has 1 aliphatic rings. The minimum atomic E-state index is 0.121. The molecular formula is C13H22N4O. The predicted molar refractivity (Wildman–Crippen MR) is 72.1 cm³/mol. The minimum absolute atomic E-state index is 0.121. The van der Waals surface area contributed by atoms with Crippen molar-refractivity contribution in [3.63, 3.8) is 0 Å². The molecule has 1 aliphatic heterocycles. The lowest BCUT2D eigenvalue weighted by Crippen LogP contribution is -2.44. The first kappa shape index (κ1) is 13.1. The van der Waals surface area contributed by atoms with E-state index >= 15 is 0 Å². The Morgan fingerprint density at radius 1 is 1.44 bits per heavy atom. The van der Waals surface area contributed by atoms with E-state index in [0.29, 0.717) is 11.9 Å². The van der Waals surface area contributed by atoms with Gasteiger partial charge in [-0.25, -0.2) is 0 Å². The van der Waals surface area contributed by atoms with Crippen LogP contribution in [0.5, 0.6) is 5.88 Å². The molecule has 0 aliphatic carbocycles. The average molecular weight is 250 g/mol. The van der Waals surface area contributed by atoms with Crippen molar-refractivity contribution < 1.29 is 4.74 Å². The van der Waals surface area contributed by atoms with E-state index in [1.807, 2.05) is 13.8 Å². The zero-order valence-electron chi connectivity index (χ0n) is 11.4. The van der Waals surface area contributed by atoms with Gasteiger partial charge in [0.25, 0.3) is 0 Å². The Balaban J connectivity index is 2.06. The maximum absolute atomic E-state index is 5.58. The number of aromatic nitrogens is 2. The smallest absolute Gasteiger partial charge is 0.234 e. The summed E-state index contributed by atoms with van der Waals surface area (Å²) in [6, 6.07) is 0.488. The molecule has 1 N–H and O–H groups in total. The van der Waals surface area contributed by atoms with E-state index in [0.717, 1.165) is 18.9 Å². The maximum atomic E-state index is 5.58. The SMILES string of the molecule is CC(C)Oc1cncc(N(C)C2CCCNC2)n1. The van der Waals surface area contributed by atoms with Crippen molar-refractivity contribution in [2.75, 3.05) is 25.0 Å². The van der Waals surface area contributed by atoms with Crippen molar-refractivity contribution in [2.24, 2.45) is 0 Å². The van der Waals surface area contributed by atoms with Crippen LogP contribution in [0, 0.1) is 0 Å². The van der Waals surface area contributed by atoms with Gasteiger partial charge in [-0.15, -0.1) is 0 Å². The molecule has 0 aromatic carbocycles. The fourth-order valence-corrected chi connectivity index (χ4v) is 2.16. The molecule has 5 heteroatoms. The maximum Gasteiger partial charge on any atom is 0.234 e. The lowest BCUT2D eigenvalue weighted by molar-refractivity contribution is 0.231. The number of piperidine rings is 1. The van der Waals surface area contributed by atoms with Crippen molar-refractivity contribution in [2.45, 2.75) is 38.8 Å². The molecule has 2 rings (SSSR count). The minimum Gasteiger partial charge on any atom is -0.474 e. The van der Waals surface area contributed by atoms with Crippen LogP contribution in [0.25, 0.3) is 0 Å². The van der Waals surface area contributed by atoms with Gasteiger partial charge < -0.3 is 15.0 Å². The van der Waals surface area contributed by atoms with Gasteiger partial charge in [-0.1, -0.05) is 0 Å². The van der Waals surface area contributed by atoms with Gasteiger partial charge in [0.2, 0.25) is 5.88 Å². The van der Waals surface area contributed by atoms with Gasteiger partial charge in [0.1, 0.15) is 0 Å². The molecule has 0 spiro atoms. The number of anilines is 1. The first-order valence-corrected chi connectivity index (χ1v) is 6.59. The van der Waals surface area contributed by atoms with Crippen molar-refractivity contribution in [1.82, 2.24) is 15.3 Å². The molecule has 100 valence electrons. The third-order valence-corrected chi connectivity index (χ3v) is 3.14. The van der Waals surface area contributed by atoms with E-state index in [4.69, 9.17) is 4.74 Å². The van der Waals surface area contributed by atoms with E-state index in [1.54, 1.807) is 12.4 Å². The number of ether oxygens (including phenoxy) is 1. The molecule has 0 bridgehead atoms. The fraction of sp³-hybridized carbons (Fsp3) is 0.692. The molecule has 0 radical (unpaired) electrons. The van der Waals surface area contributed by atoms with E-state index < -0.39 is 0 Å². The van der Waals surface area contributed by atoms with E-state index in [2.05, 4.69) is 27.2 Å². The zero-order chi connectivity index (χ0) is 13.0. The molecular weight excluding hydrogens is 228 g/mol. The van der Waals surface area contributed by atoms with Gasteiger partial charge >= 0.3 is 0 Å². The number of rotatable bonds is 4. The zero-order valence-corrected chi connectivity index (χ0v) is 11.4. The molecule has 1 fully saturated rings. The summed E-state index contributed by atoms with van der Waals surface area (Å²) in [4.78, 5) is 10.9. The molecule has 18 heavy (non-hydrogen) atoms. The number of nitrogens with one attached hydrogen (secondary N) is 1. The highest BCUT2D eigenvalue weighted by Gasteiger charge is 2.19. The van der Waals surface area contributed by atoms with Gasteiger partial charge in [0.15, 0.2) is 5.82 Å². The van der Waals surface area contributed by atoms with Crippen LogP contribution in [-0.2, 0) is 0 Å². The fourth-order valence-electron chi connectivity index (χ4n) is 2.16. The van der Waals surface area contributed by atoms with Crippen molar-refractivity contribution in [3.8, 4) is 5.88 Å². The van der Waals surface area contributed by atoms with Crippen LogP contribution in [0.15, 0.2) is 12.4 Å². The molecule has 1 saturated heterocycles. The molecule has 2 heterocycles. The molecule has 1 unspecified atom stereocenters. The summed E-state index contributed by atoms with van der Waals surface area (Å²) in [5, 5.41) is 3.41. The van der Waals surface area contributed by atoms with Crippen LogP contribution in [0.3, 0.4) is 0 Å². The van der Waals surface area contributed by atoms with Crippen LogP contribution >= 0.6 is 0 Å². The van der Waals surface area contributed by atoms with Crippen molar-refractivity contribution >= 4 is 5.82 Å². The molecule has 5 nitrogen and oxygen atoms in total. The summed E-state index contributed by atoms with van der Waals surface area (Å²) in [5.74, 6) is 1.47. The van der Waals surface area contributed by atoms with Crippen LogP contribution in [-0.4, -0.2) is 42.3 Å². The summed E-state index contributed by atoms with van der Waals surface area (Å²) < 4.78 is 5.58. The summed E-state index contributed by atoms with van der Waals surface area (Å²) >= 11 is 0. The second-order valence-electron chi connectivity index (χ2n) is 4.99. The number of nitrogens with zero attached hydrogens (tertiary/aromatic N) is 3. The Hall–Kier alpha value is -1.36. The van der Waals surface area contributed by atoms with E-state index in [9.17, 15) is 0 Å². The lowest BCUT2D eigenvalue weighted by Gasteiger charge is -2.32. The molecule has 1 aromatic rings. The van der Waals surface area contributed by atoms with E-state index in [1.165, 1.54) is 12.8 Å². The van der Waals surface area contributed by atoms with Crippen LogP contribution in [0.1, 0.15) is 26.7 Å². The number of likely N-dealkylation sites (N-methyl/N-ethyl adjacent to an activating group) is 1. The van der Waals surface area contributed by atoms with Crippen LogP contribution in [0.4, 0.5) is 5.82 Å². The summed E-state index contributed by atoms with van der Waals surface area (Å²) in [7, 11) is 2.07. The van der Waals surface area contributed by atoms with E-state index in [-0.39, 0.29) is 6.10 Å². The predicted octanol–water partition coefficient (Wildman–Crippen LogP) is 1.45. The molecule has 0 amide bonds. The Kier molecular flexibility index (Phi) is 4.36. The normalized spacial score (nSPS) is 19.9. The van der Waals surface area contributed by atoms with Gasteiger partial charge in [0.05, 0.1) is 18.5 Å². The Bertz CT molecular complexity index is 377. The standard InChI is InChI=1S/C13H22N4O/c1-10(2)18-13-9-15-8-12(16-13)17(3)11-5-4-6-14-7-11/h8-11,14H,4-7H2,1-3H3. The highest BCUT2D eigenvalue weighted by Crippen LogP contribution is 2.18. The van der Waals surface area contributed by atoms with Crippen LogP contribution < -0.4 is 15.0 Å². The molecule has 1 atom stereocenters.